The fourth-order valence-electron chi connectivity index (χ4n) is 2.34. The van der Waals surface area contributed by atoms with Crippen molar-refractivity contribution in [3.63, 3.8) is 0 Å². The van der Waals surface area contributed by atoms with E-state index in [9.17, 15) is 13.9 Å². The summed E-state index contributed by atoms with van der Waals surface area (Å²) in [4.78, 5) is 1.79. The number of aliphatic hydroxyl groups is 1. The Kier molecular flexibility index (Phi) is 3.21. The average molecular weight is 227 g/mol. The summed E-state index contributed by atoms with van der Waals surface area (Å²) in [6.45, 7) is 2.37. The minimum Gasteiger partial charge on any atom is -0.379 e. The molecule has 2 nitrogen and oxygen atoms in total. The molecule has 0 aliphatic carbocycles. The molecule has 1 heterocycles. The highest BCUT2D eigenvalue weighted by atomic mass is 19.1. The minimum absolute atomic E-state index is 0.212. The Bertz CT molecular complexity index is 381. The van der Waals surface area contributed by atoms with E-state index in [1.54, 1.807) is 11.8 Å². The van der Waals surface area contributed by atoms with Gasteiger partial charge in [0.05, 0.1) is 0 Å². The van der Waals surface area contributed by atoms with Crippen molar-refractivity contribution in [2.24, 2.45) is 0 Å². The highest BCUT2D eigenvalue weighted by Crippen LogP contribution is 2.34. The van der Waals surface area contributed by atoms with Crippen LogP contribution in [-0.2, 0) is 0 Å². The first-order valence-corrected chi connectivity index (χ1v) is 5.48. The Morgan fingerprint density at radius 2 is 2.19 bits per heavy atom. The lowest BCUT2D eigenvalue weighted by Gasteiger charge is -2.27. The lowest BCUT2D eigenvalue weighted by atomic mass is 10.0. The van der Waals surface area contributed by atoms with Crippen molar-refractivity contribution in [3.05, 3.63) is 35.4 Å². The maximum atomic E-state index is 13.6. The van der Waals surface area contributed by atoms with Crippen molar-refractivity contribution in [1.82, 2.24) is 4.90 Å². The number of hydrogen-bond acceptors (Lipinski definition) is 2. The van der Waals surface area contributed by atoms with Gasteiger partial charge in [-0.1, -0.05) is 0 Å². The largest absolute Gasteiger partial charge is 0.379 e. The molecule has 1 aromatic carbocycles. The maximum absolute atomic E-state index is 13.6. The molecule has 1 saturated heterocycles. The summed E-state index contributed by atoms with van der Waals surface area (Å²) in [5.74, 6) is -0.840. The highest BCUT2D eigenvalue weighted by molar-refractivity contribution is 5.23. The molecular weight excluding hydrogens is 212 g/mol. The molecule has 88 valence electrons. The summed E-state index contributed by atoms with van der Waals surface area (Å²) in [7, 11) is 0. The predicted octanol–water partition coefficient (Wildman–Crippen LogP) is 2.44. The topological polar surface area (TPSA) is 23.5 Å². The van der Waals surface area contributed by atoms with Crippen LogP contribution in [0.25, 0.3) is 0 Å². The van der Waals surface area contributed by atoms with Gasteiger partial charge in [0.1, 0.15) is 17.9 Å². The highest BCUT2D eigenvalue weighted by Gasteiger charge is 2.30. The van der Waals surface area contributed by atoms with Gasteiger partial charge in [-0.3, -0.25) is 4.90 Å². The number of halogens is 2. The van der Waals surface area contributed by atoms with Gasteiger partial charge in [0.25, 0.3) is 0 Å². The second-order valence-electron chi connectivity index (χ2n) is 4.19. The van der Waals surface area contributed by atoms with E-state index in [-0.39, 0.29) is 6.04 Å². The molecule has 0 spiro atoms. The number of likely N-dealkylation sites (tertiary alicyclic amines) is 1. The molecular formula is C12H15F2NO. The van der Waals surface area contributed by atoms with Gasteiger partial charge < -0.3 is 5.11 Å². The number of nitrogens with zero attached hydrogens (tertiary/aromatic N) is 1. The van der Waals surface area contributed by atoms with E-state index >= 15 is 0 Å². The third-order valence-electron chi connectivity index (χ3n) is 3.09. The molecule has 2 atom stereocenters. The third kappa shape index (κ3) is 2.08. The van der Waals surface area contributed by atoms with Crippen molar-refractivity contribution in [1.29, 1.82) is 0 Å². The van der Waals surface area contributed by atoms with Crippen molar-refractivity contribution in [2.45, 2.75) is 32.0 Å². The Hall–Kier alpha value is -1.00. The van der Waals surface area contributed by atoms with Crippen LogP contribution < -0.4 is 0 Å². The first-order valence-electron chi connectivity index (χ1n) is 5.48. The molecule has 1 aliphatic heterocycles. The van der Waals surface area contributed by atoms with Crippen LogP contribution in [-0.4, -0.2) is 22.8 Å². The van der Waals surface area contributed by atoms with Crippen LogP contribution in [0.5, 0.6) is 0 Å². The number of hydrogen-bond donors (Lipinski definition) is 1. The van der Waals surface area contributed by atoms with Crippen molar-refractivity contribution < 1.29 is 13.9 Å². The maximum Gasteiger partial charge on any atom is 0.128 e. The molecule has 4 heteroatoms. The Morgan fingerprint density at radius 3 is 2.88 bits per heavy atom. The molecule has 0 saturated carbocycles. The fraction of sp³-hybridized carbons (Fsp3) is 0.500. The molecule has 1 N–H and O–H groups in total. The molecule has 0 amide bonds. The van der Waals surface area contributed by atoms with Crippen LogP contribution in [0.3, 0.4) is 0 Å². The Labute approximate surface area is 93.5 Å². The van der Waals surface area contributed by atoms with Gasteiger partial charge in [-0.25, -0.2) is 8.78 Å². The second kappa shape index (κ2) is 4.47. The Balaban J connectivity index is 2.32. The SMILES string of the molecule is CC(O)N1CCCC1c1cc(F)ccc1F. The summed E-state index contributed by atoms with van der Waals surface area (Å²) in [5, 5.41) is 9.55. The van der Waals surface area contributed by atoms with Gasteiger partial charge in [-0.2, -0.15) is 0 Å². The van der Waals surface area contributed by atoms with Gasteiger partial charge in [0.15, 0.2) is 0 Å². The quantitative estimate of drug-likeness (QED) is 0.838. The van der Waals surface area contributed by atoms with Crippen molar-refractivity contribution in [2.75, 3.05) is 6.54 Å². The van der Waals surface area contributed by atoms with Gasteiger partial charge in [-0.05, 0) is 38.0 Å². The molecule has 1 aromatic rings. The average Bonchev–Trinajstić information content (AvgIpc) is 2.70. The van der Waals surface area contributed by atoms with E-state index in [4.69, 9.17) is 0 Å². The minimum atomic E-state index is -0.629. The van der Waals surface area contributed by atoms with E-state index in [1.807, 2.05) is 0 Å². The van der Waals surface area contributed by atoms with E-state index < -0.39 is 17.9 Å². The summed E-state index contributed by atoms with van der Waals surface area (Å²) >= 11 is 0. The second-order valence-corrected chi connectivity index (χ2v) is 4.19. The van der Waals surface area contributed by atoms with Crippen LogP contribution >= 0.6 is 0 Å². The molecule has 0 bridgehead atoms. The molecule has 1 fully saturated rings. The Morgan fingerprint density at radius 1 is 1.44 bits per heavy atom. The van der Waals surface area contributed by atoms with Crippen LogP contribution in [0, 0.1) is 11.6 Å². The van der Waals surface area contributed by atoms with Crippen LogP contribution in [0.2, 0.25) is 0 Å². The number of aliphatic hydroxyl groups excluding tert-OH is 1. The van der Waals surface area contributed by atoms with Gasteiger partial charge >= 0.3 is 0 Å². The van der Waals surface area contributed by atoms with Gasteiger partial charge in [0.2, 0.25) is 0 Å². The van der Waals surface area contributed by atoms with E-state index in [0.29, 0.717) is 5.56 Å². The molecule has 2 unspecified atom stereocenters. The van der Waals surface area contributed by atoms with Gasteiger partial charge in [-0.15, -0.1) is 0 Å². The molecule has 2 rings (SSSR count). The first-order chi connectivity index (χ1) is 7.59. The van der Waals surface area contributed by atoms with Crippen LogP contribution in [0.1, 0.15) is 31.4 Å². The monoisotopic (exact) mass is 227 g/mol. The smallest absolute Gasteiger partial charge is 0.128 e. The molecule has 16 heavy (non-hydrogen) atoms. The lowest BCUT2D eigenvalue weighted by Crippen LogP contribution is -2.32. The predicted molar refractivity (Wildman–Crippen MR) is 56.7 cm³/mol. The fourth-order valence-corrected chi connectivity index (χ4v) is 2.34. The molecule has 1 aliphatic rings. The van der Waals surface area contributed by atoms with E-state index in [0.717, 1.165) is 31.5 Å². The van der Waals surface area contributed by atoms with Crippen molar-refractivity contribution in [3.8, 4) is 0 Å². The molecule has 0 aromatic heterocycles. The molecule has 0 radical (unpaired) electrons. The summed E-state index contributed by atoms with van der Waals surface area (Å²) in [5.41, 5.74) is 0.346. The summed E-state index contributed by atoms with van der Waals surface area (Å²) in [6.07, 6.45) is 1.02. The standard InChI is InChI=1S/C12H15F2NO/c1-8(16)15-6-2-3-12(15)10-7-9(13)4-5-11(10)14/h4-5,7-8,12,16H,2-3,6H2,1H3. The third-order valence-corrected chi connectivity index (χ3v) is 3.09. The lowest BCUT2D eigenvalue weighted by molar-refractivity contribution is 0.00830. The first kappa shape index (κ1) is 11.5. The van der Waals surface area contributed by atoms with Crippen LogP contribution in [0.15, 0.2) is 18.2 Å². The zero-order chi connectivity index (χ0) is 11.7. The van der Waals surface area contributed by atoms with Gasteiger partial charge in [0, 0.05) is 18.2 Å². The normalized spacial score (nSPS) is 23.6. The van der Waals surface area contributed by atoms with Crippen molar-refractivity contribution >= 4 is 0 Å². The number of rotatable bonds is 2. The summed E-state index contributed by atoms with van der Waals surface area (Å²) < 4.78 is 26.7. The number of benzene rings is 1. The zero-order valence-electron chi connectivity index (χ0n) is 9.16. The van der Waals surface area contributed by atoms with E-state index in [1.165, 1.54) is 6.07 Å². The zero-order valence-corrected chi connectivity index (χ0v) is 9.16. The van der Waals surface area contributed by atoms with Crippen LogP contribution in [0.4, 0.5) is 8.78 Å². The summed E-state index contributed by atoms with van der Waals surface area (Å²) in [6, 6.07) is 3.26. The van der Waals surface area contributed by atoms with E-state index in [2.05, 4.69) is 0 Å².